The van der Waals surface area contributed by atoms with Crippen molar-refractivity contribution < 1.29 is 14.3 Å². The van der Waals surface area contributed by atoms with Crippen LogP contribution in [-0.4, -0.2) is 45.5 Å². The van der Waals surface area contributed by atoms with E-state index in [2.05, 4.69) is 58.5 Å². The molecule has 1 aliphatic heterocycles. The number of benzene rings is 3. The van der Waals surface area contributed by atoms with E-state index in [0.717, 1.165) is 31.9 Å². The van der Waals surface area contributed by atoms with Gasteiger partial charge in [0.25, 0.3) is 0 Å². The molecule has 0 spiro atoms. The molecule has 5 nitrogen and oxygen atoms in total. The maximum absolute atomic E-state index is 12.2. The summed E-state index contributed by atoms with van der Waals surface area (Å²) < 4.78 is 10.9. The molecule has 2 aliphatic rings. The van der Waals surface area contributed by atoms with Crippen molar-refractivity contribution in [2.75, 3.05) is 44.4 Å². The van der Waals surface area contributed by atoms with E-state index in [1.165, 1.54) is 27.9 Å². The van der Waals surface area contributed by atoms with E-state index in [4.69, 9.17) is 9.47 Å². The smallest absolute Gasteiger partial charge is 0.407 e. The monoisotopic (exact) mass is 438 g/mol. The number of morpholine rings is 1. The van der Waals surface area contributed by atoms with E-state index in [1.807, 2.05) is 36.4 Å². The largest absolute Gasteiger partial charge is 0.449 e. The molecule has 1 aliphatic carbocycles. The van der Waals surface area contributed by atoms with Crippen molar-refractivity contribution in [3.05, 3.63) is 89.5 Å². The molecule has 3 aromatic carbocycles. The number of alkyl carbamates (subject to hydrolysis) is 1. The zero-order chi connectivity index (χ0) is 22.5. The highest BCUT2D eigenvalue weighted by molar-refractivity contribution is 5.79. The fourth-order valence-electron chi connectivity index (χ4n) is 4.49. The molecule has 1 fully saturated rings. The number of fused-ring (bicyclic) bond motifs is 3. The lowest BCUT2D eigenvalue weighted by atomic mass is 9.98. The summed E-state index contributed by atoms with van der Waals surface area (Å²) in [5.41, 5.74) is 6.93. The van der Waals surface area contributed by atoms with Crippen LogP contribution in [0.1, 0.15) is 22.6 Å². The molecule has 1 amide bonds. The molecule has 0 saturated carbocycles. The quantitative estimate of drug-likeness (QED) is 0.613. The lowest BCUT2D eigenvalue weighted by molar-refractivity contribution is 0.122. The summed E-state index contributed by atoms with van der Waals surface area (Å²) in [6, 6.07) is 24.8. The lowest BCUT2D eigenvalue weighted by Gasteiger charge is -2.28. The minimum atomic E-state index is -0.450. The fraction of sp³-hybridized carbons (Fsp3) is 0.250. The topological polar surface area (TPSA) is 50.8 Å². The van der Waals surface area contributed by atoms with Crippen LogP contribution in [0.5, 0.6) is 0 Å². The summed E-state index contributed by atoms with van der Waals surface area (Å²) in [5.74, 6) is 6.14. The standard InChI is InChI=1S/C28H26N2O3/c31-28(29-15-5-6-21-11-13-22(14-12-21)30-16-18-32-19-17-30)33-20-27-25-9-3-1-7-23(25)24-8-2-4-10-26(24)27/h1-4,7-14,27H,15-20H2,(H,29,31). The van der Waals surface area contributed by atoms with E-state index < -0.39 is 6.09 Å². The Hall–Kier alpha value is -3.75. The first-order valence-corrected chi connectivity index (χ1v) is 11.3. The Morgan fingerprint density at radius 2 is 1.58 bits per heavy atom. The minimum Gasteiger partial charge on any atom is -0.449 e. The summed E-state index contributed by atoms with van der Waals surface area (Å²) in [7, 11) is 0. The molecule has 0 radical (unpaired) electrons. The van der Waals surface area contributed by atoms with Gasteiger partial charge in [-0.3, -0.25) is 0 Å². The van der Waals surface area contributed by atoms with Crippen LogP contribution in [0.3, 0.4) is 0 Å². The zero-order valence-corrected chi connectivity index (χ0v) is 18.4. The third-order valence-electron chi connectivity index (χ3n) is 6.14. The van der Waals surface area contributed by atoms with Gasteiger partial charge in [0.1, 0.15) is 6.61 Å². The van der Waals surface area contributed by atoms with Crippen LogP contribution in [-0.2, 0) is 9.47 Å². The van der Waals surface area contributed by atoms with Crippen molar-refractivity contribution in [3.63, 3.8) is 0 Å². The second kappa shape index (κ2) is 9.81. The normalized spacial score (nSPS) is 14.6. The number of carbonyl (C=O) groups is 1. The third kappa shape index (κ3) is 4.72. The Kier molecular flexibility index (Phi) is 6.27. The number of nitrogens with one attached hydrogen (secondary N) is 1. The number of carbonyl (C=O) groups excluding carboxylic acids is 1. The maximum Gasteiger partial charge on any atom is 0.407 e. The van der Waals surface area contributed by atoms with Crippen molar-refractivity contribution in [1.29, 1.82) is 0 Å². The molecule has 5 heteroatoms. The Labute approximate surface area is 194 Å². The Morgan fingerprint density at radius 1 is 0.939 bits per heavy atom. The number of ether oxygens (including phenoxy) is 2. The van der Waals surface area contributed by atoms with Crippen molar-refractivity contribution >= 4 is 11.8 Å². The van der Waals surface area contributed by atoms with Gasteiger partial charge in [-0.05, 0) is 46.5 Å². The number of amides is 1. The second-order valence-electron chi connectivity index (χ2n) is 8.13. The minimum absolute atomic E-state index is 0.0548. The number of hydrogen-bond donors (Lipinski definition) is 1. The van der Waals surface area contributed by atoms with Gasteiger partial charge >= 0.3 is 6.09 Å². The van der Waals surface area contributed by atoms with Gasteiger partial charge in [0.05, 0.1) is 19.8 Å². The predicted molar refractivity (Wildman–Crippen MR) is 129 cm³/mol. The van der Waals surface area contributed by atoms with Crippen LogP contribution in [0.15, 0.2) is 72.8 Å². The molecule has 0 aromatic heterocycles. The highest BCUT2D eigenvalue weighted by atomic mass is 16.5. The number of hydrogen-bond acceptors (Lipinski definition) is 4. The summed E-state index contributed by atoms with van der Waals surface area (Å²) in [6.07, 6.45) is -0.450. The van der Waals surface area contributed by atoms with Gasteiger partial charge in [0.15, 0.2) is 0 Å². The molecule has 0 unspecified atom stereocenters. The van der Waals surface area contributed by atoms with E-state index in [1.54, 1.807) is 0 Å². The van der Waals surface area contributed by atoms with Gasteiger partial charge in [-0.1, -0.05) is 60.4 Å². The first-order chi connectivity index (χ1) is 16.3. The average molecular weight is 439 g/mol. The van der Waals surface area contributed by atoms with Crippen molar-refractivity contribution in [1.82, 2.24) is 5.32 Å². The van der Waals surface area contributed by atoms with Gasteiger partial charge < -0.3 is 19.7 Å². The van der Waals surface area contributed by atoms with Gasteiger partial charge in [-0.15, -0.1) is 0 Å². The van der Waals surface area contributed by atoms with E-state index in [-0.39, 0.29) is 12.5 Å². The van der Waals surface area contributed by atoms with E-state index in [0.29, 0.717) is 6.61 Å². The predicted octanol–water partition coefficient (Wildman–Crippen LogP) is 4.41. The first kappa shape index (κ1) is 21.1. The molecule has 3 aromatic rings. The number of rotatable bonds is 4. The summed E-state index contributed by atoms with van der Waals surface area (Å²) in [4.78, 5) is 14.5. The van der Waals surface area contributed by atoms with Crippen LogP contribution in [0, 0.1) is 11.8 Å². The lowest BCUT2D eigenvalue weighted by Crippen LogP contribution is -2.36. The first-order valence-electron chi connectivity index (χ1n) is 11.3. The van der Waals surface area contributed by atoms with Crippen LogP contribution >= 0.6 is 0 Å². The highest BCUT2D eigenvalue weighted by Crippen LogP contribution is 2.44. The van der Waals surface area contributed by atoms with Crippen molar-refractivity contribution in [2.45, 2.75) is 5.92 Å². The molecule has 166 valence electrons. The Bertz CT molecular complexity index is 1140. The van der Waals surface area contributed by atoms with Crippen molar-refractivity contribution in [3.8, 4) is 23.0 Å². The Balaban J connectivity index is 1.12. The van der Waals surface area contributed by atoms with Crippen LogP contribution in [0.4, 0.5) is 10.5 Å². The van der Waals surface area contributed by atoms with Gasteiger partial charge in [0.2, 0.25) is 0 Å². The third-order valence-corrected chi connectivity index (χ3v) is 6.14. The molecule has 1 N–H and O–H groups in total. The molecule has 0 atom stereocenters. The average Bonchev–Trinajstić information content (AvgIpc) is 3.20. The van der Waals surface area contributed by atoms with E-state index >= 15 is 0 Å². The molecular formula is C28H26N2O3. The number of nitrogens with zero attached hydrogens (tertiary/aromatic N) is 1. The second-order valence-corrected chi connectivity index (χ2v) is 8.13. The molecule has 33 heavy (non-hydrogen) atoms. The molecule has 0 bridgehead atoms. The van der Waals surface area contributed by atoms with Crippen LogP contribution < -0.4 is 10.2 Å². The summed E-state index contributed by atoms with van der Waals surface area (Å²) >= 11 is 0. The molecular weight excluding hydrogens is 412 g/mol. The molecule has 1 heterocycles. The number of anilines is 1. The van der Waals surface area contributed by atoms with E-state index in [9.17, 15) is 4.79 Å². The van der Waals surface area contributed by atoms with Gasteiger partial charge in [-0.25, -0.2) is 4.79 Å². The Morgan fingerprint density at radius 3 is 2.24 bits per heavy atom. The summed E-state index contributed by atoms with van der Waals surface area (Å²) in [5, 5.41) is 2.73. The fourth-order valence-corrected chi connectivity index (χ4v) is 4.49. The summed E-state index contributed by atoms with van der Waals surface area (Å²) in [6.45, 7) is 3.90. The SMILES string of the molecule is O=C(NCC#Cc1ccc(N2CCOCC2)cc1)OCC1c2ccccc2-c2ccccc21. The van der Waals surface area contributed by atoms with Crippen molar-refractivity contribution in [2.24, 2.45) is 0 Å². The zero-order valence-electron chi connectivity index (χ0n) is 18.4. The van der Waals surface area contributed by atoms with Gasteiger partial charge in [-0.2, -0.15) is 0 Å². The van der Waals surface area contributed by atoms with Gasteiger partial charge in [0, 0.05) is 30.3 Å². The molecule has 1 saturated heterocycles. The van der Waals surface area contributed by atoms with Crippen LogP contribution in [0.25, 0.3) is 11.1 Å². The van der Waals surface area contributed by atoms with Crippen LogP contribution in [0.2, 0.25) is 0 Å². The highest BCUT2D eigenvalue weighted by Gasteiger charge is 2.28. The molecule has 5 rings (SSSR count). The maximum atomic E-state index is 12.2.